The van der Waals surface area contributed by atoms with Crippen LogP contribution in [0.4, 0.5) is 11.4 Å². The minimum atomic E-state index is -1.21. The molecule has 0 saturated heterocycles. The van der Waals surface area contributed by atoms with Gasteiger partial charge in [-0.15, -0.1) is 0 Å². The van der Waals surface area contributed by atoms with Gasteiger partial charge in [-0.2, -0.15) is 10.3 Å². The van der Waals surface area contributed by atoms with Crippen molar-refractivity contribution in [2.75, 3.05) is 14.2 Å². The Morgan fingerprint density at radius 3 is 1.61 bits per heavy atom. The average Bonchev–Trinajstić information content (AvgIpc) is 3.70. The molecule has 0 N–H and O–H groups in total. The van der Waals surface area contributed by atoms with Crippen molar-refractivity contribution in [2.45, 2.75) is 96.1 Å². The normalized spacial score (nSPS) is 23.3. The second-order valence-corrected chi connectivity index (χ2v) is 21.7. The number of hydrogen-bond acceptors (Lipinski definition) is 6. The number of carbonyl (C=O) groups excluding carboxylic acids is 1. The molecule has 0 radical (unpaired) electrons. The Morgan fingerprint density at radius 2 is 1.17 bits per heavy atom. The molecule has 4 aliphatic rings. The minimum absolute atomic E-state index is 0.0376. The van der Waals surface area contributed by atoms with Gasteiger partial charge in [-0.25, -0.2) is 9.69 Å². The molecule has 2 fully saturated rings. The number of nitrogens with zero attached hydrogens (tertiary/aromatic N) is 5. The van der Waals surface area contributed by atoms with Gasteiger partial charge in [-0.05, 0) is 154 Å². The van der Waals surface area contributed by atoms with E-state index in [1.54, 1.807) is 20.3 Å². The van der Waals surface area contributed by atoms with Gasteiger partial charge in [0.05, 0.1) is 31.1 Å². The lowest BCUT2D eigenvalue weighted by Crippen LogP contribution is -2.35. The highest BCUT2D eigenvalue weighted by molar-refractivity contribution is 6.75. The van der Waals surface area contributed by atoms with Gasteiger partial charge in [0.15, 0.2) is 25.4 Å². The molecule has 2 spiro atoms. The summed E-state index contributed by atoms with van der Waals surface area (Å²) < 4.78 is 15.0. The summed E-state index contributed by atoms with van der Waals surface area (Å²) in [7, 11) is 2.33. The largest absolute Gasteiger partial charge is 0.381 e. The third-order valence-corrected chi connectivity index (χ3v) is 13.2. The zero-order chi connectivity index (χ0) is 42.2. The van der Waals surface area contributed by atoms with Gasteiger partial charge in [0.2, 0.25) is 6.19 Å². The fourth-order valence-corrected chi connectivity index (χ4v) is 9.74. The number of hydrogen-bond donors (Lipinski definition) is 0. The van der Waals surface area contributed by atoms with Crippen LogP contribution in [-0.2, 0) is 22.3 Å². The van der Waals surface area contributed by atoms with E-state index >= 15 is 0 Å². The second-order valence-electron chi connectivity index (χ2n) is 17.2. The Labute approximate surface area is 351 Å². The maximum atomic E-state index is 13.2. The maximum Gasteiger partial charge on any atom is 0.205 e. The molecule has 8 nitrogen and oxygen atoms in total. The fraction of sp³-hybridized carbons (Fsp3) is 0.380. The summed E-state index contributed by atoms with van der Waals surface area (Å²) in [6.07, 6.45) is 12.3. The van der Waals surface area contributed by atoms with Crippen molar-refractivity contribution in [3.8, 4) is 28.4 Å². The molecule has 9 heteroatoms. The van der Waals surface area contributed by atoms with Crippen LogP contribution < -0.4 is 0 Å². The predicted molar refractivity (Wildman–Crippen MR) is 240 cm³/mol. The monoisotopic (exact) mass is 799 g/mol. The van der Waals surface area contributed by atoms with E-state index in [1.807, 2.05) is 54.7 Å². The van der Waals surface area contributed by atoms with Crippen molar-refractivity contribution in [3.63, 3.8) is 0 Å². The molecule has 0 atom stereocenters. The summed E-state index contributed by atoms with van der Waals surface area (Å²) in [6, 6.07) is 27.9. The third kappa shape index (κ3) is 9.61. The van der Waals surface area contributed by atoms with Crippen molar-refractivity contribution in [3.05, 3.63) is 137 Å². The summed E-state index contributed by atoms with van der Waals surface area (Å²) in [5, 5.41) is 9.32. The molecular weight excluding hydrogens is 747 g/mol. The van der Waals surface area contributed by atoms with E-state index in [4.69, 9.17) is 22.6 Å². The molecule has 2 saturated carbocycles. The number of aliphatic imine (C=N–C) groups is 1. The molecule has 0 aliphatic heterocycles. The number of nitriles is 1. The first-order valence-corrected chi connectivity index (χ1v) is 23.9. The molecule has 8 rings (SSSR count). The molecular formula is C50H53N5O3Si. The van der Waals surface area contributed by atoms with Gasteiger partial charge in [0.1, 0.15) is 0 Å². The van der Waals surface area contributed by atoms with Crippen LogP contribution in [0.5, 0.6) is 0 Å². The summed E-state index contributed by atoms with van der Waals surface area (Å²) >= 11 is 0. The molecule has 59 heavy (non-hydrogen) atoms. The maximum absolute atomic E-state index is 13.2. The van der Waals surface area contributed by atoms with Crippen LogP contribution in [-0.4, -0.2) is 52.0 Å². The molecule has 0 aromatic heterocycles. The van der Waals surface area contributed by atoms with Crippen LogP contribution in [0.15, 0.2) is 101 Å². The molecule has 300 valence electrons. The quantitative estimate of drug-likeness (QED) is 0.0869. The Bertz CT molecular complexity index is 2400. The Morgan fingerprint density at radius 1 is 0.712 bits per heavy atom. The van der Waals surface area contributed by atoms with Crippen LogP contribution in [0.25, 0.3) is 31.9 Å². The zero-order valence-corrected chi connectivity index (χ0v) is 36.0. The number of Topliss-reactive ketones (excluding diaryl/α,β-unsaturated/α-hetero) is 1. The van der Waals surface area contributed by atoms with Gasteiger partial charge in [0, 0.05) is 36.2 Å². The van der Waals surface area contributed by atoms with Gasteiger partial charge in [0.25, 0.3) is 0 Å². The van der Waals surface area contributed by atoms with Crippen LogP contribution in [0.3, 0.4) is 0 Å². The molecule has 0 amide bonds. The lowest BCUT2D eigenvalue weighted by atomic mass is 9.70. The first-order valence-electron chi connectivity index (χ1n) is 20.4. The number of ketones is 1. The highest BCUT2D eigenvalue weighted by Gasteiger charge is 2.48. The SMILES string of the molecule is C=C=N[Si](C)(C)C.[C-]#[N+]c1cccc(-c2ccc3c(c2)C(=NC#N)C2(CCC(OC)CC2)C3)c1.[C-]#[N+]c1cccc(-c2ccc3c(c2)C(=O)C2(CCC(OC)CC2)C3)c1. The lowest BCUT2D eigenvalue weighted by molar-refractivity contribution is 0.0285. The van der Waals surface area contributed by atoms with Crippen molar-refractivity contribution < 1.29 is 14.3 Å². The average molecular weight is 800 g/mol. The standard InChI is InChI=1S/C23H21N3O.C22H21NO2.C5H11NSi/c1-25-19-5-3-4-16(12-19)17-6-7-18-14-23(10-8-20(27-2)9-11-23)22(26-15-24)21(18)13-17;1-23-18-5-3-4-15(12-18)16-6-7-17-14-22(21(24)20(17)13-16)10-8-19(25-2)9-11-22;1-5-6-7(2,3)4/h3-7,12-13,20H,8-11,14H2,2H3;3-7,12-13,19H,8-11,14H2,2H3;1H2,2-4H3. The third-order valence-electron chi connectivity index (χ3n) is 12.4. The topological polar surface area (TPSA) is 92.8 Å². The van der Waals surface area contributed by atoms with Gasteiger partial charge < -0.3 is 9.47 Å². The van der Waals surface area contributed by atoms with Crippen LogP contribution in [0, 0.1) is 35.4 Å². The second kappa shape index (κ2) is 18.5. The summed E-state index contributed by atoms with van der Waals surface area (Å²) in [5.74, 6) is 2.85. The van der Waals surface area contributed by atoms with Gasteiger partial charge in [-0.1, -0.05) is 60.7 Å². The predicted octanol–water partition coefficient (Wildman–Crippen LogP) is 12.2. The highest BCUT2D eigenvalue weighted by Crippen LogP contribution is 2.50. The van der Waals surface area contributed by atoms with Crippen LogP contribution in [0.2, 0.25) is 19.6 Å². The molecule has 4 aromatic rings. The van der Waals surface area contributed by atoms with E-state index in [0.29, 0.717) is 29.4 Å². The highest BCUT2D eigenvalue weighted by atomic mass is 28.3. The number of carbonyl (C=O) groups is 1. The van der Waals surface area contributed by atoms with Crippen LogP contribution in [0.1, 0.15) is 78.4 Å². The molecule has 0 heterocycles. The summed E-state index contributed by atoms with van der Waals surface area (Å²) in [4.78, 5) is 24.5. The van der Waals surface area contributed by atoms with E-state index in [0.717, 1.165) is 103 Å². The number of rotatable bonds is 5. The molecule has 4 aliphatic carbocycles. The van der Waals surface area contributed by atoms with E-state index in [-0.39, 0.29) is 10.8 Å². The number of ether oxygens (including phenoxy) is 2. The van der Waals surface area contributed by atoms with E-state index < -0.39 is 8.24 Å². The minimum Gasteiger partial charge on any atom is -0.381 e. The number of methoxy groups -OCH3 is 2. The number of fused-ring (bicyclic) bond motifs is 2. The zero-order valence-electron chi connectivity index (χ0n) is 35.0. The smallest absolute Gasteiger partial charge is 0.205 e. The fourth-order valence-electron chi connectivity index (χ4n) is 9.27. The molecule has 0 bridgehead atoms. The lowest BCUT2D eigenvalue weighted by Gasteiger charge is -2.36. The Balaban J connectivity index is 0.000000172. The van der Waals surface area contributed by atoms with E-state index in [1.165, 1.54) is 11.1 Å². The van der Waals surface area contributed by atoms with Crippen molar-refractivity contribution >= 4 is 37.0 Å². The first kappa shape index (κ1) is 42.9. The van der Waals surface area contributed by atoms with Gasteiger partial charge >= 0.3 is 0 Å². The van der Waals surface area contributed by atoms with E-state index in [9.17, 15) is 10.1 Å². The summed E-state index contributed by atoms with van der Waals surface area (Å²) in [5.41, 5.74) is 10.5. The Hall–Kier alpha value is -5.72. The van der Waals surface area contributed by atoms with Crippen molar-refractivity contribution in [1.29, 1.82) is 5.26 Å². The molecule has 4 aromatic carbocycles. The van der Waals surface area contributed by atoms with Crippen molar-refractivity contribution in [2.24, 2.45) is 20.5 Å². The number of benzene rings is 4. The molecule has 0 unspecified atom stereocenters. The van der Waals surface area contributed by atoms with Crippen molar-refractivity contribution in [1.82, 2.24) is 0 Å². The first-order chi connectivity index (χ1) is 28.4. The van der Waals surface area contributed by atoms with Gasteiger partial charge in [-0.3, -0.25) is 9.45 Å². The van der Waals surface area contributed by atoms with E-state index in [2.05, 4.69) is 81.8 Å². The van der Waals surface area contributed by atoms with Crippen LogP contribution >= 0.6 is 0 Å². The Kier molecular flexibility index (Phi) is 13.4. The summed E-state index contributed by atoms with van der Waals surface area (Å²) in [6.45, 7) is 24.2.